The van der Waals surface area contributed by atoms with Gasteiger partial charge in [-0.25, -0.2) is 0 Å². The molecule has 2 unspecified atom stereocenters. The van der Waals surface area contributed by atoms with Crippen molar-refractivity contribution in [2.45, 2.75) is 45.1 Å². The molecule has 1 aromatic carbocycles. The molecule has 26 heavy (non-hydrogen) atoms. The van der Waals surface area contributed by atoms with Gasteiger partial charge in [0.05, 0.1) is 12.2 Å². The van der Waals surface area contributed by atoms with Crippen molar-refractivity contribution in [2.75, 3.05) is 19.7 Å². The zero-order chi connectivity index (χ0) is 18.1. The first-order valence-corrected chi connectivity index (χ1v) is 9.99. The summed E-state index contributed by atoms with van der Waals surface area (Å²) in [7, 11) is 0. The van der Waals surface area contributed by atoms with E-state index < -0.39 is 0 Å². The molecular formula is C21H28N2O3. The summed E-state index contributed by atoms with van der Waals surface area (Å²) in [4.78, 5) is 27.1. The van der Waals surface area contributed by atoms with Crippen LogP contribution in [0.5, 0.6) is 5.75 Å². The summed E-state index contributed by atoms with van der Waals surface area (Å²) in [5.74, 6) is 2.67. The van der Waals surface area contributed by atoms with Gasteiger partial charge in [-0.05, 0) is 63.0 Å². The maximum absolute atomic E-state index is 12.8. The molecule has 1 saturated heterocycles. The lowest BCUT2D eigenvalue weighted by Gasteiger charge is -2.32. The number of carbonyl (C=O) groups is 2. The minimum atomic E-state index is 0.0230. The summed E-state index contributed by atoms with van der Waals surface area (Å²) in [6, 6.07) is 7.63. The fraction of sp³-hybridized carbons (Fsp3) is 0.619. The predicted molar refractivity (Wildman–Crippen MR) is 99.0 cm³/mol. The summed E-state index contributed by atoms with van der Waals surface area (Å²) < 4.78 is 5.59. The SMILES string of the molecule is CCOc1ccccc1C(=O)N1CCC(NC(=O)C2CC2C2CC2)CC1. The van der Waals surface area contributed by atoms with E-state index in [4.69, 9.17) is 4.74 Å². The number of nitrogens with one attached hydrogen (secondary N) is 1. The largest absolute Gasteiger partial charge is 0.493 e. The summed E-state index contributed by atoms with van der Waals surface area (Å²) in [6.45, 7) is 3.83. The van der Waals surface area contributed by atoms with Crippen LogP contribution < -0.4 is 10.1 Å². The lowest BCUT2D eigenvalue weighted by atomic mass is 10.0. The van der Waals surface area contributed by atoms with Crippen LogP contribution in [-0.4, -0.2) is 42.5 Å². The van der Waals surface area contributed by atoms with E-state index in [0.717, 1.165) is 25.2 Å². The van der Waals surface area contributed by atoms with Gasteiger partial charge in [-0.1, -0.05) is 12.1 Å². The molecule has 4 rings (SSSR count). The van der Waals surface area contributed by atoms with Crippen LogP contribution >= 0.6 is 0 Å². The van der Waals surface area contributed by atoms with E-state index >= 15 is 0 Å². The molecule has 0 bridgehead atoms. The smallest absolute Gasteiger partial charge is 0.257 e. The number of ether oxygens (including phenoxy) is 1. The first kappa shape index (κ1) is 17.4. The van der Waals surface area contributed by atoms with Crippen molar-refractivity contribution in [1.82, 2.24) is 10.2 Å². The number of hydrogen-bond donors (Lipinski definition) is 1. The van der Waals surface area contributed by atoms with Crippen LogP contribution in [0.3, 0.4) is 0 Å². The molecule has 5 heteroatoms. The van der Waals surface area contributed by atoms with E-state index in [0.29, 0.717) is 36.9 Å². The third-order valence-corrected chi connectivity index (χ3v) is 5.95. The lowest BCUT2D eigenvalue weighted by Crippen LogP contribution is -2.47. The molecule has 0 radical (unpaired) electrons. The Balaban J connectivity index is 1.28. The molecule has 1 aliphatic heterocycles. The minimum Gasteiger partial charge on any atom is -0.493 e. The molecule has 1 heterocycles. The Hall–Kier alpha value is -2.04. The van der Waals surface area contributed by atoms with Gasteiger partial charge in [0, 0.05) is 25.0 Å². The highest BCUT2D eigenvalue weighted by atomic mass is 16.5. The van der Waals surface area contributed by atoms with Gasteiger partial charge in [-0.15, -0.1) is 0 Å². The van der Waals surface area contributed by atoms with Gasteiger partial charge in [-0.2, -0.15) is 0 Å². The van der Waals surface area contributed by atoms with Crippen molar-refractivity contribution in [3.63, 3.8) is 0 Å². The maximum Gasteiger partial charge on any atom is 0.257 e. The standard InChI is InChI=1S/C21H28N2O3/c1-2-26-19-6-4-3-5-16(19)21(25)23-11-9-15(10-12-23)22-20(24)18-13-17(18)14-7-8-14/h3-6,14-15,17-18H,2,7-13H2,1H3,(H,22,24). The van der Waals surface area contributed by atoms with E-state index in [9.17, 15) is 9.59 Å². The number of amides is 2. The Bertz CT molecular complexity index is 678. The van der Waals surface area contributed by atoms with Gasteiger partial charge in [0.2, 0.25) is 5.91 Å². The van der Waals surface area contributed by atoms with Crippen LogP contribution in [0, 0.1) is 17.8 Å². The van der Waals surface area contributed by atoms with Crippen LogP contribution in [0.2, 0.25) is 0 Å². The average molecular weight is 356 g/mol. The van der Waals surface area contributed by atoms with Crippen molar-refractivity contribution in [3.05, 3.63) is 29.8 Å². The Morgan fingerprint density at radius 2 is 1.88 bits per heavy atom. The van der Waals surface area contributed by atoms with Crippen LogP contribution in [0.4, 0.5) is 0 Å². The molecule has 3 fully saturated rings. The number of likely N-dealkylation sites (tertiary alicyclic amines) is 1. The Labute approximate surface area is 155 Å². The molecule has 3 aliphatic rings. The number of rotatable bonds is 6. The molecule has 2 amide bonds. The molecule has 1 aromatic rings. The third-order valence-electron chi connectivity index (χ3n) is 5.95. The van der Waals surface area contributed by atoms with E-state index in [-0.39, 0.29) is 23.8 Å². The lowest BCUT2D eigenvalue weighted by molar-refractivity contribution is -0.123. The molecule has 0 aromatic heterocycles. The zero-order valence-corrected chi connectivity index (χ0v) is 15.4. The number of nitrogens with zero attached hydrogens (tertiary/aromatic N) is 1. The van der Waals surface area contributed by atoms with Crippen LogP contribution in [0.1, 0.15) is 49.4 Å². The first-order valence-electron chi connectivity index (χ1n) is 9.99. The van der Waals surface area contributed by atoms with Gasteiger partial charge in [0.15, 0.2) is 0 Å². The molecule has 1 N–H and O–H groups in total. The van der Waals surface area contributed by atoms with Crippen molar-refractivity contribution in [1.29, 1.82) is 0 Å². The van der Waals surface area contributed by atoms with E-state index in [2.05, 4.69) is 5.32 Å². The van der Waals surface area contributed by atoms with Crippen molar-refractivity contribution >= 4 is 11.8 Å². The fourth-order valence-electron chi connectivity index (χ4n) is 4.19. The monoisotopic (exact) mass is 356 g/mol. The number of hydrogen-bond acceptors (Lipinski definition) is 3. The van der Waals surface area contributed by atoms with E-state index in [1.165, 1.54) is 12.8 Å². The molecule has 140 valence electrons. The maximum atomic E-state index is 12.8. The van der Waals surface area contributed by atoms with Crippen LogP contribution in [-0.2, 0) is 4.79 Å². The van der Waals surface area contributed by atoms with Crippen LogP contribution in [0.15, 0.2) is 24.3 Å². The summed E-state index contributed by atoms with van der Waals surface area (Å²) in [5, 5.41) is 3.22. The summed E-state index contributed by atoms with van der Waals surface area (Å²) in [6.07, 6.45) is 5.38. The molecule has 2 aliphatic carbocycles. The van der Waals surface area contributed by atoms with Gasteiger partial charge in [-0.3, -0.25) is 9.59 Å². The molecule has 2 atom stereocenters. The number of para-hydroxylation sites is 1. The first-order chi connectivity index (χ1) is 12.7. The van der Waals surface area contributed by atoms with Gasteiger partial charge in [0.25, 0.3) is 5.91 Å². The summed E-state index contributed by atoms with van der Waals surface area (Å²) in [5.41, 5.74) is 0.627. The number of benzene rings is 1. The summed E-state index contributed by atoms with van der Waals surface area (Å²) >= 11 is 0. The van der Waals surface area contributed by atoms with Gasteiger partial charge >= 0.3 is 0 Å². The quantitative estimate of drug-likeness (QED) is 0.853. The third kappa shape index (κ3) is 3.71. The molecule has 0 spiro atoms. The second-order valence-corrected chi connectivity index (χ2v) is 7.85. The number of carbonyl (C=O) groups excluding carboxylic acids is 2. The Morgan fingerprint density at radius 1 is 1.15 bits per heavy atom. The van der Waals surface area contributed by atoms with Crippen molar-refractivity contribution < 1.29 is 14.3 Å². The minimum absolute atomic E-state index is 0.0230. The Kier molecular flexibility index (Phi) is 4.88. The molecular weight excluding hydrogens is 328 g/mol. The van der Waals surface area contributed by atoms with Crippen molar-refractivity contribution in [3.8, 4) is 5.75 Å². The fourth-order valence-corrected chi connectivity index (χ4v) is 4.19. The predicted octanol–water partition coefficient (Wildman–Crippen LogP) is 2.85. The second kappa shape index (κ2) is 7.29. The number of piperidine rings is 1. The topological polar surface area (TPSA) is 58.6 Å². The van der Waals surface area contributed by atoms with Crippen molar-refractivity contribution in [2.24, 2.45) is 17.8 Å². The Morgan fingerprint density at radius 3 is 2.58 bits per heavy atom. The normalized spacial score (nSPS) is 25.7. The highest BCUT2D eigenvalue weighted by molar-refractivity contribution is 5.97. The second-order valence-electron chi connectivity index (χ2n) is 7.85. The van der Waals surface area contributed by atoms with E-state index in [1.807, 2.05) is 36.1 Å². The van der Waals surface area contributed by atoms with Gasteiger partial charge < -0.3 is 15.0 Å². The average Bonchev–Trinajstić information content (AvgIpc) is 3.55. The molecule has 2 saturated carbocycles. The van der Waals surface area contributed by atoms with E-state index in [1.54, 1.807) is 0 Å². The highest BCUT2D eigenvalue weighted by Crippen LogP contribution is 2.54. The van der Waals surface area contributed by atoms with Crippen LogP contribution in [0.25, 0.3) is 0 Å². The van der Waals surface area contributed by atoms with Gasteiger partial charge in [0.1, 0.15) is 5.75 Å². The zero-order valence-electron chi connectivity index (χ0n) is 15.4. The molecule has 5 nitrogen and oxygen atoms in total. The highest BCUT2D eigenvalue weighted by Gasteiger charge is 2.51.